The van der Waals surface area contributed by atoms with E-state index < -0.39 is 0 Å². The Morgan fingerprint density at radius 2 is 2.19 bits per heavy atom. The predicted molar refractivity (Wildman–Crippen MR) is 65.7 cm³/mol. The Kier molecular flexibility index (Phi) is 3.41. The van der Waals surface area contributed by atoms with Crippen LogP contribution in [-0.4, -0.2) is 24.2 Å². The lowest BCUT2D eigenvalue weighted by molar-refractivity contribution is 0.307. The van der Waals surface area contributed by atoms with Gasteiger partial charge in [0.05, 0.1) is 13.2 Å². The van der Waals surface area contributed by atoms with Gasteiger partial charge in [0.25, 0.3) is 0 Å². The molecule has 2 rings (SSSR count). The van der Waals surface area contributed by atoms with Crippen LogP contribution in [0.3, 0.4) is 0 Å². The van der Waals surface area contributed by atoms with E-state index in [4.69, 9.17) is 10.8 Å². The summed E-state index contributed by atoms with van der Waals surface area (Å²) in [5.41, 5.74) is 9.48. The number of nitrogens with two attached hydrogens (primary N) is 1. The predicted octanol–water partition coefficient (Wildman–Crippen LogP) is 0.894. The van der Waals surface area contributed by atoms with Gasteiger partial charge >= 0.3 is 0 Å². The smallest absolute Gasteiger partial charge is 0.193 e. The van der Waals surface area contributed by atoms with Crippen LogP contribution >= 0.6 is 0 Å². The summed E-state index contributed by atoms with van der Waals surface area (Å²) in [4.78, 5) is 3.96. The van der Waals surface area contributed by atoms with Crippen LogP contribution in [-0.2, 0) is 12.8 Å². The highest BCUT2D eigenvalue weighted by Gasteiger charge is 2.10. The summed E-state index contributed by atoms with van der Waals surface area (Å²) in [5.74, 6) is 0.354. The fourth-order valence-electron chi connectivity index (χ4n) is 2.01. The van der Waals surface area contributed by atoms with Crippen LogP contribution in [0.25, 0.3) is 0 Å². The first kappa shape index (κ1) is 11.0. The molecule has 0 heterocycles. The van der Waals surface area contributed by atoms with E-state index in [1.165, 1.54) is 24.0 Å². The Labute approximate surface area is 95.2 Å². The Balaban J connectivity index is 2.05. The number of aryl methyl sites for hydroxylation is 2. The van der Waals surface area contributed by atoms with Crippen LogP contribution in [0.5, 0.6) is 0 Å². The van der Waals surface area contributed by atoms with E-state index in [0.717, 1.165) is 12.1 Å². The first-order valence-electron chi connectivity index (χ1n) is 5.59. The Morgan fingerprint density at radius 3 is 3.00 bits per heavy atom. The maximum atomic E-state index is 8.62. The molecule has 1 aliphatic rings. The molecule has 0 unspecified atom stereocenters. The van der Waals surface area contributed by atoms with Gasteiger partial charge in [0.15, 0.2) is 5.96 Å². The van der Waals surface area contributed by atoms with Crippen LogP contribution in [0.1, 0.15) is 17.5 Å². The molecule has 0 aromatic heterocycles. The zero-order valence-corrected chi connectivity index (χ0v) is 9.24. The van der Waals surface area contributed by atoms with Crippen molar-refractivity contribution in [3.63, 3.8) is 0 Å². The average Bonchev–Trinajstić information content (AvgIpc) is 2.73. The normalized spacial score (nSPS) is 14.9. The van der Waals surface area contributed by atoms with Crippen molar-refractivity contribution >= 4 is 11.6 Å². The van der Waals surface area contributed by atoms with Gasteiger partial charge in [0.2, 0.25) is 0 Å². The summed E-state index contributed by atoms with van der Waals surface area (Å²) < 4.78 is 0. The molecule has 16 heavy (non-hydrogen) atoms. The van der Waals surface area contributed by atoms with Crippen LogP contribution in [0.2, 0.25) is 0 Å². The Bertz CT molecular complexity index is 401. The first-order chi connectivity index (χ1) is 7.79. The number of aliphatic hydroxyl groups excluding tert-OH is 1. The van der Waals surface area contributed by atoms with E-state index >= 15 is 0 Å². The van der Waals surface area contributed by atoms with Crippen molar-refractivity contribution in [2.45, 2.75) is 19.3 Å². The minimum atomic E-state index is 0.0204. The molecule has 4 heteroatoms. The minimum Gasteiger partial charge on any atom is -0.394 e. The summed E-state index contributed by atoms with van der Waals surface area (Å²) in [6.07, 6.45) is 3.58. The number of rotatable bonds is 3. The van der Waals surface area contributed by atoms with Crippen molar-refractivity contribution < 1.29 is 5.11 Å². The summed E-state index contributed by atoms with van der Waals surface area (Å²) in [7, 11) is 0. The lowest BCUT2D eigenvalue weighted by Gasteiger charge is -2.07. The van der Waals surface area contributed by atoms with Gasteiger partial charge in [0.1, 0.15) is 0 Å². The van der Waals surface area contributed by atoms with E-state index in [9.17, 15) is 0 Å². The van der Waals surface area contributed by atoms with Gasteiger partial charge in [-0.25, -0.2) is 0 Å². The molecule has 0 bridgehead atoms. The second kappa shape index (κ2) is 4.99. The van der Waals surface area contributed by atoms with Crippen molar-refractivity contribution in [3.05, 3.63) is 29.3 Å². The molecule has 0 amide bonds. The zero-order valence-electron chi connectivity index (χ0n) is 9.24. The molecule has 4 N–H and O–H groups in total. The lowest BCUT2D eigenvalue weighted by atomic mass is 10.1. The van der Waals surface area contributed by atoms with Crippen molar-refractivity contribution in [2.24, 2.45) is 10.7 Å². The summed E-state index contributed by atoms with van der Waals surface area (Å²) in [6, 6.07) is 6.29. The van der Waals surface area contributed by atoms with Crippen LogP contribution in [0.15, 0.2) is 23.2 Å². The molecule has 0 aliphatic heterocycles. The highest BCUT2D eigenvalue weighted by Crippen LogP contribution is 2.24. The van der Waals surface area contributed by atoms with Crippen molar-refractivity contribution in [2.75, 3.05) is 18.5 Å². The number of aliphatic imine (C=N–C) groups is 1. The van der Waals surface area contributed by atoms with Crippen LogP contribution in [0.4, 0.5) is 5.69 Å². The molecule has 0 fully saturated rings. The molecule has 4 nitrogen and oxygen atoms in total. The Hall–Kier alpha value is -1.55. The molecular weight excluding hydrogens is 202 g/mol. The fraction of sp³-hybridized carbons (Fsp3) is 0.417. The van der Waals surface area contributed by atoms with Crippen LogP contribution < -0.4 is 11.1 Å². The number of fused-ring (bicyclic) bond motifs is 1. The second-order valence-electron chi connectivity index (χ2n) is 3.95. The maximum absolute atomic E-state index is 8.62. The van der Waals surface area contributed by atoms with E-state index in [0.29, 0.717) is 12.5 Å². The molecular formula is C12H17N3O. The number of hydrogen-bond acceptors (Lipinski definition) is 2. The molecule has 0 spiro atoms. The highest BCUT2D eigenvalue weighted by atomic mass is 16.3. The third kappa shape index (κ3) is 2.52. The quantitative estimate of drug-likeness (QED) is 0.522. The molecule has 1 aromatic rings. The number of nitrogens with one attached hydrogen (secondary N) is 1. The largest absolute Gasteiger partial charge is 0.394 e. The van der Waals surface area contributed by atoms with E-state index in [-0.39, 0.29) is 6.61 Å². The van der Waals surface area contributed by atoms with Crippen LogP contribution in [0, 0.1) is 0 Å². The van der Waals surface area contributed by atoms with Gasteiger partial charge in [0, 0.05) is 5.69 Å². The maximum Gasteiger partial charge on any atom is 0.193 e. The first-order valence-corrected chi connectivity index (χ1v) is 5.59. The molecule has 0 radical (unpaired) electrons. The number of hydrogen-bond donors (Lipinski definition) is 3. The number of benzene rings is 1. The van der Waals surface area contributed by atoms with Gasteiger partial charge in [-0.2, -0.15) is 0 Å². The average molecular weight is 219 g/mol. The van der Waals surface area contributed by atoms with E-state index in [1.807, 2.05) is 6.07 Å². The highest BCUT2D eigenvalue weighted by molar-refractivity contribution is 5.92. The molecule has 0 atom stereocenters. The minimum absolute atomic E-state index is 0.0204. The third-order valence-electron chi connectivity index (χ3n) is 2.75. The molecule has 0 saturated carbocycles. The van der Waals surface area contributed by atoms with E-state index in [2.05, 4.69) is 22.4 Å². The second-order valence-corrected chi connectivity index (χ2v) is 3.95. The monoisotopic (exact) mass is 219 g/mol. The zero-order chi connectivity index (χ0) is 11.4. The standard InChI is InChI=1S/C12H17N3O/c13-12(14-6-7-16)15-11-5-4-9-2-1-3-10(9)8-11/h4-5,8,16H,1-3,6-7H2,(H3,13,14,15). The summed E-state index contributed by atoms with van der Waals surface area (Å²) in [5, 5.41) is 11.6. The van der Waals surface area contributed by atoms with Crippen molar-refractivity contribution in [1.82, 2.24) is 0 Å². The van der Waals surface area contributed by atoms with E-state index in [1.54, 1.807) is 0 Å². The summed E-state index contributed by atoms with van der Waals surface area (Å²) >= 11 is 0. The van der Waals surface area contributed by atoms with Gasteiger partial charge < -0.3 is 16.2 Å². The van der Waals surface area contributed by atoms with Crippen molar-refractivity contribution in [1.29, 1.82) is 0 Å². The molecule has 86 valence electrons. The number of aliphatic hydroxyl groups is 1. The number of anilines is 1. The fourth-order valence-corrected chi connectivity index (χ4v) is 2.01. The van der Waals surface area contributed by atoms with Crippen molar-refractivity contribution in [3.8, 4) is 0 Å². The van der Waals surface area contributed by atoms with Gasteiger partial charge in [-0.15, -0.1) is 0 Å². The molecule has 1 aliphatic carbocycles. The van der Waals surface area contributed by atoms with Gasteiger partial charge in [-0.3, -0.25) is 4.99 Å². The number of guanidine groups is 1. The molecule has 0 saturated heterocycles. The Morgan fingerprint density at radius 1 is 1.38 bits per heavy atom. The topological polar surface area (TPSA) is 70.6 Å². The SMILES string of the molecule is NC(=NCCO)Nc1ccc2c(c1)CCC2. The lowest BCUT2D eigenvalue weighted by Crippen LogP contribution is -2.23. The van der Waals surface area contributed by atoms with Gasteiger partial charge in [-0.1, -0.05) is 6.07 Å². The van der Waals surface area contributed by atoms with Gasteiger partial charge in [-0.05, 0) is 42.5 Å². The molecule has 1 aromatic carbocycles. The summed E-state index contributed by atoms with van der Waals surface area (Å²) in [6.45, 7) is 0.357. The number of nitrogens with zero attached hydrogens (tertiary/aromatic N) is 1. The third-order valence-corrected chi connectivity index (χ3v) is 2.75.